The molecular weight excluding hydrogens is 414 g/mol. The van der Waals surface area contributed by atoms with E-state index < -0.39 is 18.1 Å². The van der Waals surface area contributed by atoms with Crippen molar-refractivity contribution in [2.45, 2.75) is 13.1 Å². The minimum absolute atomic E-state index is 0. The number of hydrogen-bond acceptors (Lipinski definition) is 5. The van der Waals surface area contributed by atoms with E-state index in [-0.39, 0.29) is 74.9 Å². The number of carboxylic acid groups (broad SMARTS) is 2. The summed E-state index contributed by atoms with van der Waals surface area (Å²) in [4.78, 5) is 17.9. The van der Waals surface area contributed by atoms with E-state index in [1.165, 1.54) is 5.40 Å². The van der Waals surface area contributed by atoms with Gasteiger partial charge < -0.3 is 34.3 Å². The molecule has 0 aromatic heterocycles. The zero-order valence-electron chi connectivity index (χ0n) is 9.85. The van der Waals surface area contributed by atoms with Gasteiger partial charge in [0.15, 0.2) is 5.96 Å². The maximum atomic E-state index is 10.6. The number of hydrogen-bond donors (Lipinski definition) is 5. The predicted molar refractivity (Wildman–Crippen MR) is 56.1 cm³/mol. The van der Waals surface area contributed by atoms with Crippen LogP contribution in [0, 0.1) is 16.1 Å². The van der Waals surface area contributed by atoms with Crippen LogP contribution in [0.25, 0.3) is 0 Å². The van der Waals surface area contributed by atoms with Crippen LogP contribution in [-0.2, 0) is 22.2 Å². The number of aliphatic carboxylic acids is 2. The SMILES string of the molecule is CC(=O)O.N#C[S-].N=C(N)N.O=C(O)C(F)(F)F.[Cs+]. The molecule has 0 heterocycles. The van der Waals surface area contributed by atoms with Crippen LogP contribution in [0.5, 0.6) is 0 Å². The van der Waals surface area contributed by atoms with Crippen molar-refractivity contribution >= 4 is 30.5 Å². The van der Waals surface area contributed by atoms with E-state index in [0.717, 1.165) is 6.92 Å². The number of nitrogens with two attached hydrogens (primary N) is 2. The first-order valence-corrected chi connectivity index (χ1v) is 3.84. The summed E-state index contributed by atoms with van der Waals surface area (Å²) in [5.41, 5.74) is 8.94. The third-order valence-corrected chi connectivity index (χ3v) is 0.243. The number of carbonyl (C=O) groups is 2. The second kappa shape index (κ2) is 20.1. The average Bonchev–Trinajstić information content (AvgIpc) is 2.00. The third-order valence-electron chi connectivity index (χ3n) is 0.243. The monoisotopic (exact) mass is 424 g/mol. The number of halogens is 3. The van der Waals surface area contributed by atoms with Crippen LogP contribution < -0.4 is 80.4 Å². The largest absolute Gasteiger partial charge is 1.00 e. The first kappa shape index (κ1) is 31.3. The van der Waals surface area contributed by atoms with Crippen LogP contribution in [0.3, 0.4) is 0 Å². The van der Waals surface area contributed by atoms with Crippen LogP contribution >= 0.6 is 0 Å². The Labute approximate surface area is 170 Å². The maximum absolute atomic E-state index is 10.6. The molecule has 0 rings (SSSR count). The van der Waals surface area contributed by atoms with E-state index in [1.54, 1.807) is 0 Å². The van der Waals surface area contributed by atoms with Gasteiger partial charge >= 0.3 is 81.0 Å². The molecule has 0 aliphatic carbocycles. The molecule has 0 amide bonds. The van der Waals surface area contributed by atoms with Gasteiger partial charge in [-0.3, -0.25) is 10.2 Å². The van der Waals surface area contributed by atoms with Gasteiger partial charge in [-0.2, -0.15) is 13.2 Å². The molecule has 0 aromatic rings. The van der Waals surface area contributed by atoms with Gasteiger partial charge in [0.05, 0.1) is 0 Å². The number of rotatable bonds is 0. The van der Waals surface area contributed by atoms with Crippen molar-refractivity contribution < 1.29 is 102 Å². The number of nitriles is 1. The van der Waals surface area contributed by atoms with Crippen molar-refractivity contribution in [2.24, 2.45) is 11.5 Å². The van der Waals surface area contributed by atoms with Gasteiger partial charge in [0.25, 0.3) is 5.97 Å². The average molecular weight is 424 g/mol. The molecule has 8 nitrogen and oxygen atoms in total. The van der Waals surface area contributed by atoms with Crippen molar-refractivity contribution in [1.82, 2.24) is 0 Å². The smallest absolute Gasteiger partial charge is 0.696 e. The van der Waals surface area contributed by atoms with Crippen molar-refractivity contribution in [3.8, 4) is 5.40 Å². The van der Waals surface area contributed by atoms with Gasteiger partial charge in [0, 0.05) is 6.92 Å². The van der Waals surface area contributed by atoms with Gasteiger partial charge in [-0.25, -0.2) is 10.1 Å². The van der Waals surface area contributed by atoms with Crippen molar-refractivity contribution in [3.63, 3.8) is 0 Å². The standard InChI is InChI=1S/C2HF3O2.C2H4O2.CH5N3.CHNS.Cs/c3-2(4,5)1(6)7;1-2(3)4;2-1(3)4;2-1-3;/h(H,6,7);1H3,(H,3,4);(H5,2,3,4);3H;/q;;;;+1/p-1. The minimum atomic E-state index is -5.08. The van der Waals surface area contributed by atoms with Crippen molar-refractivity contribution in [1.29, 1.82) is 10.7 Å². The fourth-order valence-electron chi connectivity index (χ4n) is 0. The molecule has 0 saturated heterocycles. The number of guanidine groups is 1. The fraction of sp³-hybridized carbons (Fsp3) is 0.333. The van der Waals surface area contributed by atoms with E-state index in [2.05, 4.69) is 24.1 Å². The van der Waals surface area contributed by atoms with Gasteiger partial charge in [0.1, 0.15) is 0 Å². The van der Waals surface area contributed by atoms with Crippen LogP contribution in [0.15, 0.2) is 0 Å². The minimum Gasteiger partial charge on any atom is -0.696 e. The van der Waals surface area contributed by atoms with Crippen LogP contribution in [0.1, 0.15) is 6.92 Å². The van der Waals surface area contributed by atoms with Gasteiger partial charge in [-0.1, -0.05) is 5.40 Å². The number of alkyl halides is 3. The predicted octanol–water partition coefficient (Wildman–Crippen LogP) is -3.42. The molecule has 19 heavy (non-hydrogen) atoms. The molecule has 0 radical (unpaired) electrons. The summed E-state index contributed by atoms with van der Waals surface area (Å²) >= 11 is 3.70. The summed E-state index contributed by atoms with van der Waals surface area (Å²) in [6, 6.07) is 0. The summed E-state index contributed by atoms with van der Waals surface area (Å²) in [6.07, 6.45) is -5.08. The topological polar surface area (TPSA) is 174 Å². The van der Waals surface area contributed by atoms with Gasteiger partial charge in [-0.05, 0) is 0 Å². The quantitative estimate of drug-likeness (QED) is 0.116. The molecule has 0 saturated carbocycles. The molecule has 0 fully saturated rings. The van der Waals surface area contributed by atoms with Crippen molar-refractivity contribution in [3.05, 3.63) is 0 Å². The van der Waals surface area contributed by atoms with E-state index in [9.17, 15) is 13.2 Å². The first-order chi connectivity index (χ1) is 7.82. The Morgan fingerprint density at radius 3 is 1.37 bits per heavy atom. The summed E-state index contributed by atoms with van der Waals surface area (Å²) in [6.45, 7) is 1.08. The molecule has 7 N–H and O–H groups in total. The summed E-state index contributed by atoms with van der Waals surface area (Å²) < 4.78 is 31.7. The van der Waals surface area contributed by atoms with Crippen LogP contribution in [-0.4, -0.2) is 34.3 Å². The molecule has 0 spiro atoms. The van der Waals surface area contributed by atoms with Crippen molar-refractivity contribution in [2.75, 3.05) is 0 Å². The maximum Gasteiger partial charge on any atom is 1.00 e. The molecule has 0 aromatic carbocycles. The van der Waals surface area contributed by atoms with E-state index in [1.807, 2.05) is 0 Å². The summed E-state index contributed by atoms with van der Waals surface area (Å²) in [7, 11) is 0. The zero-order chi connectivity index (χ0) is 15.9. The number of thiocyanates is 1. The second-order valence-electron chi connectivity index (χ2n) is 1.87. The second-order valence-corrected chi connectivity index (χ2v) is 2.05. The van der Waals surface area contributed by atoms with Crippen LogP contribution in [0.2, 0.25) is 0 Å². The molecule has 13 heteroatoms. The Hall–Kier alpha value is -0.238. The molecular formula is C6H10CsF3N4O4S. The third kappa shape index (κ3) is 133. The Bertz CT molecular complexity index is 288. The normalized spacial score (nSPS) is 7.11. The Balaban J connectivity index is -0.0000000478. The van der Waals surface area contributed by atoms with Crippen LogP contribution in [0.4, 0.5) is 13.2 Å². The van der Waals surface area contributed by atoms with E-state index in [4.69, 9.17) is 30.5 Å². The Kier molecular flexibility index (Phi) is 33.0. The zero-order valence-corrected chi connectivity index (χ0v) is 17.0. The van der Waals surface area contributed by atoms with E-state index >= 15 is 0 Å². The first-order valence-electron chi connectivity index (χ1n) is 3.43. The number of carboxylic acids is 2. The molecule has 0 unspecified atom stereocenters. The molecule has 0 aliphatic rings. The van der Waals surface area contributed by atoms with E-state index in [0.29, 0.717) is 0 Å². The van der Waals surface area contributed by atoms with Gasteiger partial charge in [0.2, 0.25) is 0 Å². The Morgan fingerprint density at radius 1 is 1.32 bits per heavy atom. The molecule has 106 valence electrons. The molecule has 0 atom stereocenters. The molecule has 0 aliphatic heterocycles. The fourth-order valence-corrected chi connectivity index (χ4v) is 0. The summed E-state index contributed by atoms with van der Waals surface area (Å²) in [5, 5.41) is 29.1. The summed E-state index contributed by atoms with van der Waals surface area (Å²) in [5.74, 6) is -3.92. The number of nitrogens with one attached hydrogen (secondary N) is 1. The van der Waals surface area contributed by atoms with Gasteiger partial charge in [-0.15, -0.1) is 0 Å². The number of nitrogens with zero attached hydrogens (tertiary/aromatic N) is 1. The molecule has 0 bridgehead atoms. The Morgan fingerprint density at radius 2 is 1.37 bits per heavy atom.